The largest absolute Gasteiger partial charge is 0.444 e. The second-order valence-corrected chi connectivity index (χ2v) is 5.03. The van der Waals surface area contributed by atoms with Crippen LogP contribution in [0.25, 0.3) is 0 Å². The zero-order valence-electron chi connectivity index (χ0n) is 10.3. The molecule has 1 aliphatic heterocycles. The van der Waals surface area contributed by atoms with Crippen LogP contribution >= 0.6 is 0 Å². The minimum absolute atomic E-state index is 0.162. The lowest BCUT2D eigenvalue weighted by molar-refractivity contribution is 0.0250. The van der Waals surface area contributed by atoms with Crippen LogP contribution in [0.3, 0.4) is 0 Å². The van der Waals surface area contributed by atoms with Crippen molar-refractivity contribution in [1.82, 2.24) is 4.90 Å². The molecule has 3 heteroatoms. The number of nitrogens with zero attached hydrogens (tertiary/aromatic N) is 1. The number of ether oxygens (including phenoxy) is 1. The van der Waals surface area contributed by atoms with Crippen molar-refractivity contribution in [1.29, 1.82) is 0 Å². The zero-order chi connectivity index (χ0) is 11.6. The normalized spacial score (nSPS) is 21.5. The molecule has 0 bridgehead atoms. The highest BCUT2D eigenvalue weighted by atomic mass is 16.6. The SMILES string of the molecule is CCC1=C[C@@H](C)N(C(=O)OC(C)(C)C)C1. The molecule has 0 radical (unpaired) electrons. The number of hydrogen-bond donors (Lipinski definition) is 0. The van der Waals surface area contributed by atoms with Crippen molar-refractivity contribution in [2.75, 3.05) is 6.54 Å². The van der Waals surface area contributed by atoms with Gasteiger partial charge >= 0.3 is 6.09 Å². The Bertz CT molecular complexity index is 276. The standard InChI is InChI=1S/C12H21NO2/c1-6-10-7-9(2)13(8-10)11(14)15-12(3,4)5/h7,9H,6,8H2,1-5H3/t9-/m1/s1. The molecule has 15 heavy (non-hydrogen) atoms. The highest BCUT2D eigenvalue weighted by molar-refractivity contribution is 5.70. The molecular formula is C12H21NO2. The maximum atomic E-state index is 11.8. The highest BCUT2D eigenvalue weighted by Crippen LogP contribution is 2.21. The van der Waals surface area contributed by atoms with Crippen LogP contribution < -0.4 is 0 Å². The molecule has 3 nitrogen and oxygen atoms in total. The predicted octanol–water partition coefficient (Wildman–Crippen LogP) is 2.96. The first-order valence-corrected chi connectivity index (χ1v) is 5.52. The van der Waals surface area contributed by atoms with E-state index in [-0.39, 0.29) is 12.1 Å². The van der Waals surface area contributed by atoms with E-state index in [9.17, 15) is 4.79 Å². The fourth-order valence-corrected chi connectivity index (χ4v) is 1.63. The molecule has 1 rings (SSSR count). The van der Waals surface area contributed by atoms with E-state index in [2.05, 4.69) is 13.0 Å². The van der Waals surface area contributed by atoms with Crippen molar-refractivity contribution in [3.05, 3.63) is 11.6 Å². The Morgan fingerprint density at radius 3 is 2.60 bits per heavy atom. The molecule has 1 heterocycles. The average molecular weight is 211 g/mol. The number of carbonyl (C=O) groups is 1. The van der Waals surface area contributed by atoms with Crippen LogP contribution in [0.5, 0.6) is 0 Å². The van der Waals surface area contributed by atoms with Gasteiger partial charge in [-0.05, 0) is 34.1 Å². The van der Waals surface area contributed by atoms with Crippen LogP contribution in [0.15, 0.2) is 11.6 Å². The zero-order valence-corrected chi connectivity index (χ0v) is 10.3. The van der Waals surface area contributed by atoms with E-state index in [4.69, 9.17) is 4.74 Å². The summed E-state index contributed by atoms with van der Waals surface area (Å²) in [4.78, 5) is 13.6. The van der Waals surface area contributed by atoms with Gasteiger partial charge in [0.1, 0.15) is 5.60 Å². The maximum absolute atomic E-state index is 11.8. The molecule has 0 aromatic rings. The monoisotopic (exact) mass is 211 g/mol. The summed E-state index contributed by atoms with van der Waals surface area (Å²) in [5, 5.41) is 0. The summed E-state index contributed by atoms with van der Waals surface area (Å²) in [7, 11) is 0. The van der Waals surface area contributed by atoms with Gasteiger partial charge in [0.15, 0.2) is 0 Å². The van der Waals surface area contributed by atoms with Crippen LogP contribution in [0, 0.1) is 0 Å². The number of carbonyl (C=O) groups excluding carboxylic acids is 1. The second-order valence-electron chi connectivity index (χ2n) is 5.03. The number of amides is 1. The van der Waals surface area contributed by atoms with Crippen LogP contribution in [0.2, 0.25) is 0 Å². The minimum Gasteiger partial charge on any atom is -0.444 e. The molecule has 0 N–H and O–H groups in total. The molecular weight excluding hydrogens is 190 g/mol. The maximum Gasteiger partial charge on any atom is 0.411 e. The number of rotatable bonds is 1. The van der Waals surface area contributed by atoms with Gasteiger partial charge in [-0.15, -0.1) is 0 Å². The van der Waals surface area contributed by atoms with Crippen molar-refractivity contribution in [2.45, 2.75) is 52.7 Å². The third-order valence-electron chi connectivity index (χ3n) is 2.42. The van der Waals surface area contributed by atoms with E-state index < -0.39 is 5.60 Å². The smallest absolute Gasteiger partial charge is 0.411 e. The first kappa shape index (κ1) is 12.1. The van der Waals surface area contributed by atoms with Gasteiger partial charge in [0.05, 0.1) is 6.04 Å². The summed E-state index contributed by atoms with van der Waals surface area (Å²) in [6.07, 6.45) is 2.93. The predicted molar refractivity (Wildman–Crippen MR) is 60.8 cm³/mol. The summed E-state index contributed by atoms with van der Waals surface area (Å²) in [5.41, 5.74) is 0.902. The van der Waals surface area contributed by atoms with Gasteiger partial charge in [-0.1, -0.05) is 18.6 Å². The molecule has 1 aliphatic rings. The molecule has 0 saturated heterocycles. The highest BCUT2D eigenvalue weighted by Gasteiger charge is 2.28. The fourth-order valence-electron chi connectivity index (χ4n) is 1.63. The Labute approximate surface area is 92.1 Å². The van der Waals surface area contributed by atoms with Crippen LogP contribution in [0.4, 0.5) is 4.79 Å². The Hall–Kier alpha value is -0.990. The van der Waals surface area contributed by atoms with Gasteiger partial charge in [-0.3, -0.25) is 4.90 Å². The lowest BCUT2D eigenvalue weighted by Crippen LogP contribution is -2.39. The van der Waals surface area contributed by atoms with Crippen molar-refractivity contribution in [3.63, 3.8) is 0 Å². The Kier molecular flexibility index (Phi) is 3.42. The van der Waals surface area contributed by atoms with E-state index in [1.54, 1.807) is 4.90 Å². The molecule has 86 valence electrons. The average Bonchev–Trinajstić information content (AvgIpc) is 2.43. The van der Waals surface area contributed by atoms with Crippen molar-refractivity contribution >= 4 is 6.09 Å². The molecule has 0 fully saturated rings. The third kappa shape index (κ3) is 3.26. The summed E-state index contributed by atoms with van der Waals surface area (Å²) >= 11 is 0. The topological polar surface area (TPSA) is 29.5 Å². The van der Waals surface area contributed by atoms with E-state index in [1.807, 2.05) is 27.7 Å². The summed E-state index contributed by atoms with van der Waals surface area (Å²) in [5.74, 6) is 0. The molecule has 0 saturated carbocycles. The van der Waals surface area contributed by atoms with Crippen LogP contribution in [-0.4, -0.2) is 29.2 Å². The molecule has 0 aliphatic carbocycles. The van der Waals surface area contributed by atoms with Gasteiger partial charge in [0.2, 0.25) is 0 Å². The first-order chi connectivity index (χ1) is 6.83. The summed E-state index contributed by atoms with van der Waals surface area (Å²) in [6, 6.07) is 0.162. The fraction of sp³-hybridized carbons (Fsp3) is 0.750. The summed E-state index contributed by atoms with van der Waals surface area (Å²) < 4.78 is 5.34. The van der Waals surface area contributed by atoms with Crippen molar-refractivity contribution < 1.29 is 9.53 Å². The molecule has 1 amide bonds. The lowest BCUT2D eigenvalue weighted by atomic mass is 10.2. The molecule has 0 aromatic heterocycles. The molecule has 0 spiro atoms. The van der Waals surface area contributed by atoms with Crippen molar-refractivity contribution in [2.24, 2.45) is 0 Å². The van der Waals surface area contributed by atoms with Gasteiger partial charge in [0, 0.05) is 6.54 Å². The van der Waals surface area contributed by atoms with E-state index in [1.165, 1.54) is 5.57 Å². The first-order valence-electron chi connectivity index (χ1n) is 5.52. The lowest BCUT2D eigenvalue weighted by Gasteiger charge is -2.27. The van der Waals surface area contributed by atoms with Crippen molar-refractivity contribution in [3.8, 4) is 0 Å². The van der Waals surface area contributed by atoms with E-state index >= 15 is 0 Å². The minimum atomic E-state index is -0.411. The van der Waals surface area contributed by atoms with Crippen LogP contribution in [-0.2, 0) is 4.74 Å². The molecule has 0 unspecified atom stereocenters. The van der Waals surface area contributed by atoms with Gasteiger partial charge < -0.3 is 4.74 Å². The van der Waals surface area contributed by atoms with Gasteiger partial charge in [-0.25, -0.2) is 4.79 Å². The van der Waals surface area contributed by atoms with Gasteiger partial charge in [0.25, 0.3) is 0 Å². The second kappa shape index (κ2) is 4.25. The Balaban J connectivity index is 2.57. The summed E-state index contributed by atoms with van der Waals surface area (Å²) in [6.45, 7) is 10.5. The third-order valence-corrected chi connectivity index (χ3v) is 2.42. The molecule has 0 aromatic carbocycles. The van der Waals surface area contributed by atoms with E-state index in [0.29, 0.717) is 6.54 Å². The quantitative estimate of drug-likeness (QED) is 0.624. The molecule has 1 atom stereocenters. The number of hydrogen-bond acceptors (Lipinski definition) is 2. The Morgan fingerprint density at radius 1 is 1.60 bits per heavy atom. The Morgan fingerprint density at radius 2 is 2.20 bits per heavy atom. The van der Waals surface area contributed by atoms with Gasteiger partial charge in [-0.2, -0.15) is 0 Å². The van der Waals surface area contributed by atoms with E-state index in [0.717, 1.165) is 6.42 Å². The van der Waals surface area contributed by atoms with Crippen LogP contribution in [0.1, 0.15) is 41.0 Å².